The maximum Gasteiger partial charge on any atom is 0.420 e. The van der Waals surface area contributed by atoms with Gasteiger partial charge >= 0.3 is 5.76 Å². The first kappa shape index (κ1) is 11.0. The van der Waals surface area contributed by atoms with Crippen LogP contribution in [0.15, 0.2) is 27.4 Å². The molecule has 4 heteroatoms. The first-order valence-corrected chi connectivity index (χ1v) is 5.42. The Morgan fingerprint density at radius 2 is 2.19 bits per heavy atom. The standard InChI is InChI=1S/C12H16N2O2/c1-8(2)14-10-6-4-5-9(7-13-3)11(10)16-12(14)15/h4-6,8,13H,7H2,1-3H3. The summed E-state index contributed by atoms with van der Waals surface area (Å²) in [6.07, 6.45) is 0. The first-order chi connectivity index (χ1) is 7.65. The number of aromatic nitrogens is 1. The van der Waals surface area contributed by atoms with Crippen LogP contribution in [0.5, 0.6) is 0 Å². The molecule has 1 aromatic heterocycles. The molecule has 0 fully saturated rings. The maximum absolute atomic E-state index is 11.7. The van der Waals surface area contributed by atoms with Gasteiger partial charge in [0.1, 0.15) is 0 Å². The normalized spacial score (nSPS) is 11.5. The van der Waals surface area contributed by atoms with Crippen LogP contribution in [0.3, 0.4) is 0 Å². The highest BCUT2D eigenvalue weighted by Gasteiger charge is 2.13. The molecule has 0 unspecified atom stereocenters. The van der Waals surface area contributed by atoms with E-state index >= 15 is 0 Å². The zero-order valence-electron chi connectivity index (χ0n) is 9.78. The lowest BCUT2D eigenvalue weighted by Crippen LogP contribution is -2.15. The van der Waals surface area contributed by atoms with Crippen LogP contribution in [0.25, 0.3) is 11.1 Å². The molecule has 86 valence electrons. The van der Waals surface area contributed by atoms with Gasteiger partial charge in [-0.25, -0.2) is 4.79 Å². The van der Waals surface area contributed by atoms with Gasteiger partial charge in [-0.15, -0.1) is 0 Å². The molecule has 0 aliphatic carbocycles. The van der Waals surface area contributed by atoms with Crippen molar-refractivity contribution in [2.75, 3.05) is 7.05 Å². The minimum atomic E-state index is -0.284. The number of hydrogen-bond acceptors (Lipinski definition) is 3. The van der Waals surface area contributed by atoms with Gasteiger partial charge in [0.15, 0.2) is 5.58 Å². The van der Waals surface area contributed by atoms with Crippen LogP contribution in [0.2, 0.25) is 0 Å². The zero-order valence-corrected chi connectivity index (χ0v) is 9.78. The Balaban J connectivity index is 2.73. The monoisotopic (exact) mass is 220 g/mol. The molecule has 1 N–H and O–H groups in total. The molecule has 0 atom stereocenters. The molecule has 2 aromatic rings. The van der Waals surface area contributed by atoms with Gasteiger partial charge in [-0.05, 0) is 27.0 Å². The predicted molar refractivity (Wildman–Crippen MR) is 63.6 cm³/mol. The highest BCUT2D eigenvalue weighted by molar-refractivity contribution is 5.76. The van der Waals surface area contributed by atoms with Crippen molar-refractivity contribution in [2.24, 2.45) is 0 Å². The van der Waals surface area contributed by atoms with E-state index in [4.69, 9.17) is 4.42 Å². The van der Waals surface area contributed by atoms with Crippen LogP contribution >= 0.6 is 0 Å². The van der Waals surface area contributed by atoms with Crippen LogP contribution in [0.4, 0.5) is 0 Å². The highest BCUT2D eigenvalue weighted by Crippen LogP contribution is 2.20. The number of fused-ring (bicyclic) bond motifs is 1. The Morgan fingerprint density at radius 1 is 1.44 bits per heavy atom. The molecular weight excluding hydrogens is 204 g/mol. The van der Waals surface area contributed by atoms with E-state index < -0.39 is 0 Å². The Hall–Kier alpha value is -1.55. The summed E-state index contributed by atoms with van der Waals surface area (Å²) in [7, 11) is 1.87. The van der Waals surface area contributed by atoms with Crippen molar-refractivity contribution in [2.45, 2.75) is 26.4 Å². The summed E-state index contributed by atoms with van der Waals surface area (Å²) in [5.41, 5.74) is 2.57. The molecule has 0 radical (unpaired) electrons. The van der Waals surface area contributed by atoms with Gasteiger partial charge in [0, 0.05) is 18.2 Å². The fourth-order valence-electron chi connectivity index (χ4n) is 1.93. The summed E-state index contributed by atoms with van der Waals surface area (Å²) >= 11 is 0. The molecule has 1 aromatic carbocycles. The zero-order chi connectivity index (χ0) is 11.7. The number of rotatable bonds is 3. The molecule has 2 rings (SSSR count). The summed E-state index contributed by atoms with van der Waals surface area (Å²) in [5, 5.41) is 3.06. The van der Waals surface area contributed by atoms with Crippen LogP contribution in [-0.4, -0.2) is 11.6 Å². The van der Waals surface area contributed by atoms with Crippen molar-refractivity contribution in [3.63, 3.8) is 0 Å². The van der Waals surface area contributed by atoms with Crippen molar-refractivity contribution < 1.29 is 4.42 Å². The third-order valence-electron chi connectivity index (χ3n) is 2.61. The number of nitrogens with zero attached hydrogens (tertiary/aromatic N) is 1. The smallest absolute Gasteiger partial charge is 0.407 e. The maximum atomic E-state index is 11.7. The minimum absolute atomic E-state index is 0.110. The van der Waals surface area contributed by atoms with Crippen LogP contribution in [-0.2, 0) is 6.54 Å². The first-order valence-electron chi connectivity index (χ1n) is 5.42. The molecule has 0 aliphatic rings. The second-order valence-corrected chi connectivity index (χ2v) is 4.13. The van der Waals surface area contributed by atoms with E-state index in [2.05, 4.69) is 5.32 Å². The molecule has 4 nitrogen and oxygen atoms in total. The van der Waals surface area contributed by atoms with Crippen LogP contribution in [0, 0.1) is 0 Å². The van der Waals surface area contributed by atoms with Gasteiger partial charge in [-0.2, -0.15) is 0 Å². The van der Waals surface area contributed by atoms with E-state index in [1.807, 2.05) is 39.1 Å². The van der Waals surface area contributed by atoms with Crippen molar-refractivity contribution in [3.8, 4) is 0 Å². The van der Waals surface area contributed by atoms with Gasteiger partial charge in [-0.3, -0.25) is 4.57 Å². The summed E-state index contributed by atoms with van der Waals surface area (Å²) in [6.45, 7) is 4.64. The lowest BCUT2D eigenvalue weighted by atomic mass is 10.2. The molecular formula is C12H16N2O2. The minimum Gasteiger partial charge on any atom is -0.407 e. The van der Waals surface area contributed by atoms with Gasteiger partial charge in [0.2, 0.25) is 0 Å². The summed E-state index contributed by atoms with van der Waals surface area (Å²) in [6, 6.07) is 5.94. The number of hydrogen-bond donors (Lipinski definition) is 1. The van der Waals surface area contributed by atoms with Gasteiger partial charge in [0.25, 0.3) is 0 Å². The molecule has 0 saturated heterocycles. The molecule has 0 saturated carbocycles. The Bertz CT molecular complexity index is 552. The Morgan fingerprint density at radius 3 is 2.81 bits per heavy atom. The summed E-state index contributed by atoms with van der Waals surface area (Å²) in [5.74, 6) is -0.284. The van der Waals surface area contributed by atoms with E-state index in [9.17, 15) is 4.79 Å². The average molecular weight is 220 g/mol. The largest absolute Gasteiger partial charge is 0.420 e. The predicted octanol–water partition coefficient (Wildman–Crippen LogP) is 1.89. The number of para-hydroxylation sites is 1. The molecule has 0 amide bonds. The fraction of sp³-hybridized carbons (Fsp3) is 0.417. The van der Waals surface area contributed by atoms with Gasteiger partial charge < -0.3 is 9.73 Å². The number of oxazole rings is 1. The van der Waals surface area contributed by atoms with Crippen LogP contribution in [0.1, 0.15) is 25.5 Å². The molecule has 0 aliphatic heterocycles. The SMILES string of the molecule is CNCc1cccc2c1oc(=O)n2C(C)C. The molecule has 16 heavy (non-hydrogen) atoms. The summed E-state index contributed by atoms with van der Waals surface area (Å²) in [4.78, 5) is 11.7. The number of nitrogens with one attached hydrogen (secondary N) is 1. The Kier molecular flexibility index (Phi) is 2.83. The highest BCUT2D eigenvalue weighted by atomic mass is 16.4. The lowest BCUT2D eigenvalue weighted by Gasteiger charge is -2.05. The molecule has 0 spiro atoms. The van der Waals surface area contributed by atoms with E-state index in [1.165, 1.54) is 0 Å². The van der Waals surface area contributed by atoms with Gasteiger partial charge in [0.05, 0.1) is 5.52 Å². The lowest BCUT2D eigenvalue weighted by molar-refractivity contribution is 0.476. The van der Waals surface area contributed by atoms with E-state index in [-0.39, 0.29) is 11.8 Å². The second-order valence-electron chi connectivity index (χ2n) is 4.13. The molecule has 1 heterocycles. The van der Waals surface area contributed by atoms with Crippen LogP contribution < -0.4 is 11.1 Å². The van der Waals surface area contributed by atoms with E-state index in [1.54, 1.807) is 4.57 Å². The van der Waals surface area contributed by atoms with Crippen molar-refractivity contribution in [1.29, 1.82) is 0 Å². The Labute approximate surface area is 93.9 Å². The summed E-state index contributed by atoms with van der Waals surface area (Å²) < 4.78 is 6.99. The fourth-order valence-corrected chi connectivity index (χ4v) is 1.93. The van der Waals surface area contributed by atoms with Crippen molar-refractivity contribution >= 4 is 11.1 Å². The second kappa shape index (κ2) is 4.14. The quantitative estimate of drug-likeness (QED) is 0.859. The molecule has 0 bridgehead atoms. The van der Waals surface area contributed by atoms with Crippen molar-refractivity contribution in [3.05, 3.63) is 34.3 Å². The number of benzene rings is 1. The average Bonchev–Trinajstić information content (AvgIpc) is 2.55. The van der Waals surface area contributed by atoms with E-state index in [0.29, 0.717) is 12.1 Å². The van der Waals surface area contributed by atoms with E-state index in [0.717, 1.165) is 11.1 Å². The third kappa shape index (κ3) is 1.65. The third-order valence-corrected chi connectivity index (χ3v) is 2.61. The van der Waals surface area contributed by atoms with Crippen molar-refractivity contribution in [1.82, 2.24) is 9.88 Å². The topological polar surface area (TPSA) is 47.2 Å². The van der Waals surface area contributed by atoms with Gasteiger partial charge in [-0.1, -0.05) is 12.1 Å².